The van der Waals surface area contributed by atoms with Gasteiger partial charge in [-0.2, -0.15) is 0 Å². The molecule has 0 spiro atoms. The van der Waals surface area contributed by atoms with Gasteiger partial charge in [-0.25, -0.2) is 4.79 Å². The second-order valence-electron chi connectivity index (χ2n) is 7.71. The average molecular weight is 407 g/mol. The summed E-state index contributed by atoms with van der Waals surface area (Å²) < 4.78 is 0. The molecule has 0 bridgehead atoms. The number of para-hydroxylation sites is 1. The number of imide groups is 1. The zero-order valence-corrected chi connectivity index (χ0v) is 16.9. The summed E-state index contributed by atoms with van der Waals surface area (Å²) >= 11 is 0. The molecular weight excluding hydrogens is 382 g/mol. The van der Waals surface area contributed by atoms with E-state index in [4.69, 9.17) is 0 Å². The Morgan fingerprint density at radius 3 is 2.50 bits per heavy atom. The zero-order valence-electron chi connectivity index (χ0n) is 16.9. The van der Waals surface area contributed by atoms with Crippen LogP contribution in [0.25, 0.3) is 0 Å². The molecule has 8 nitrogen and oxygen atoms in total. The SMILES string of the molecule is Cc1ccccc1N1CCN(C(=O)CCC2(c3cccnc3)NC(=O)NC2=O)CC1. The maximum Gasteiger partial charge on any atom is 0.322 e. The summed E-state index contributed by atoms with van der Waals surface area (Å²) in [6, 6.07) is 11.1. The van der Waals surface area contributed by atoms with Gasteiger partial charge in [-0.05, 0) is 31.0 Å². The number of piperazine rings is 1. The Balaban J connectivity index is 1.40. The number of nitrogens with one attached hydrogen (secondary N) is 2. The van der Waals surface area contributed by atoms with Gasteiger partial charge in [-0.1, -0.05) is 24.3 Å². The lowest BCUT2D eigenvalue weighted by molar-refractivity contribution is -0.132. The van der Waals surface area contributed by atoms with Crippen molar-refractivity contribution in [2.24, 2.45) is 0 Å². The van der Waals surface area contributed by atoms with E-state index in [-0.39, 0.29) is 18.7 Å². The van der Waals surface area contributed by atoms with Crippen LogP contribution >= 0.6 is 0 Å². The first-order valence-corrected chi connectivity index (χ1v) is 10.1. The second-order valence-corrected chi connectivity index (χ2v) is 7.71. The molecule has 4 rings (SSSR count). The summed E-state index contributed by atoms with van der Waals surface area (Å²) in [5, 5.41) is 5.00. The summed E-state index contributed by atoms with van der Waals surface area (Å²) in [4.78, 5) is 45.5. The lowest BCUT2D eigenvalue weighted by atomic mass is 9.86. The van der Waals surface area contributed by atoms with Gasteiger partial charge in [0.2, 0.25) is 5.91 Å². The highest BCUT2D eigenvalue weighted by atomic mass is 16.2. The summed E-state index contributed by atoms with van der Waals surface area (Å²) in [6.07, 6.45) is 3.50. The molecule has 2 N–H and O–H groups in total. The molecule has 2 aliphatic heterocycles. The highest BCUT2D eigenvalue weighted by Crippen LogP contribution is 2.30. The van der Waals surface area contributed by atoms with E-state index in [0.717, 1.165) is 13.1 Å². The summed E-state index contributed by atoms with van der Waals surface area (Å²) in [6.45, 7) is 4.88. The molecule has 3 heterocycles. The quantitative estimate of drug-likeness (QED) is 0.734. The monoisotopic (exact) mass is 407 g/mol. The number of nitrogens with zero attached hydrogens (tertiary/aromatic N) is 3. The number of hydrogen-bond donors (Lipinski definition) is 2. The average Bonchev–Trinajstić information content (AvgIpc) is 3.07. The van der Waals surface area contributed by atoms with Crippen molar-refractivity contribution >= 4 is 23.5 Å². The van der Waals surface area contributed by atoms with E-state index in [1.54, 1.807) is 24.5 Å². The van der Waals surface area contributed by atoms with Gasteiger partial charge in [-0.3, -0.25) is 19.9 Å². The molecule has 2 aromatic rings. The Bertz CT molecular complexity index is 956. The Hall–Kier alpha value is -3.42. The predicted molar refractivity (Wildman–Crippen MR) is 112 cm³/mol. The van der Waals surface area contributed by atoms with Crippen LogP contribution in [-0.4, -0.2) is 53.9 Å². The lowest BCUT2D eigenvalue weighted by Crippen LogP contribution is -2.50. The van der Waals surface area contributed by atoms with Gasteiger partial charge in [-0.15, -0.1) is 0 Å². The summed E-state index contributed by atoms with van der Waals surface area (Å²) in [5.41, 5.74) is 1.74. The van der Waals surface area contributed by atoms with Crippen molar-refractivity contribution in [3.63, 3.8) is 0 Å². The number of benzene rings is 1. The van der Waals surface area contributed by atoms with E-state index in [9.17, 15) is 14.4 Å². The lowest BCUT2D eigenvalue weighted by Gasteiger charge is -2.37. The molecule has 8 heteroatoms. The first kappa shape index (κ1) is 19.9. The number of rotatable bonds is 5. The molecule has 1 aromatic heterocycles. The molecule has 0 saturated carbocycles. The van der Waals surface area contributed by atoms with Crippen molar-refractivity contribution in [1.82, 2.24) is 20.5 Å². The normalized spacial score (nSPS) is 21.4. The van der Waals surface area contributed by atoms with Crippen molar-refractivity contribution in [2.75, 3.05) is 31.1 Å². The molecule has 2 fully saturated rings. The fourth-order valence-corrected chi connectivity index (χ4v) is 4.20. The van der Waals surface area contributed by atoms with E-state index in [1.807, 2.05) is 17.0 Å². The smallest absolute Gasteiger partial charge is 0.322 e. The van der Waals surface area contributed by atoms with E-state index >= 15 is 0 Å². The van der Waals surface area contributed by atoms with Gasteiger partial charge in [0.15, 0.2) is 0 Å². The highest BCUT2D eigenvalue weighted by Gasteiger charge is 2.48. The molecule has 30 heavy (non-hydrogen) atoms. The van der Waals surface area contributed by atoms with Crippen LogP contribution in [0.3, 0.4) is 0 Å². The number of aromatic nitrogens is 1. The van der Waals surface area contributed by atoms with Crippen LogP contribution in [0.4, 0.5) is 10.5 Å². The number of aryl methyl sites for hydroxylation is 1. The molecule has 1 aromatic carbocycles. The number of hydrogen-bond acceptors (Lipinski definition) is 5. The third-order valence-electron chi connectivity index (χ3n) is 5.90. The minimum absolute atomic E-state index is 0.0170. The van der Waals surface area contributed by atoms with Crippen LogP contribution in [0, 0.1) is 6.92 Å². The van der Waals surface area contributed by atoms with Crippen molar-refractivity contribution in [3.8, 4) is 0 Å². The number of amides is 4. The van der Waals surface area contributed by atoms with Crippen LogP contribution < -0.4 is 15.5 Å². The topological polar surface area (TPSA) is 94.6 Å². The van der Waals surface area contributed by atoms with Gasteiger partial charge >= 0.3 is 6.03 Å². The van der Waals surface area contributed by atoms with Gasteiger partial charge in [0.1, 0.15) is 5.54 Å². The first-order chi connectivity index (χ1) is 14.5. The maximum absolute atomic E-state index is 12.9. The van der Waals surface area contributed by atoms with Crippen molar-refractivity contribution in [2.45, 2.75) is 25.3 Å². The van der Waals surface area contributed by atoms with E-state index in [1.165, 1.54) is 11.3 Å². The Kier molecular flexibility index (Phi) is 5.39. The van der Waals surface area contributed by atoms with Gasteiger partial charge in [0.05, 0.1) is 0 Å². The van der Waals surface area contributed by atoms with E-state index < -0.39 is 17.5 Å². The van der Waals surface area contributed by atoms with Gasteiger partial charge < -0.3 is 15.1 Å². The van der Waals surface area contributed by atoms with Crippen LogP contribution in [0.5, 0.6) is 0 Å². The first-order valence-electron chi connectivity index (χ1n) is 10.1. The fraction of sp³-hybridized carbons (Fsp3) is 0.364. The maximum atomic E-state index is 12.9. The number of urea groups is 1. The molecule has 4 amide bonds. The van der Waals surface area contributed by atoms with Gasteiger partial charge in [0, 0.05) is 56.2 Å². The van der Waals surface area contributed by atoms with Crippen molar-refractivity contribution in [3.05, 3.63) is 59.9 Å². The molecule has 2 saturated heterocycles. The number of carbonyl (C=O) groups excluding carboxylic acids is 3. The van der Waals surface area contributed by atoms with Crippen LogP contribution in [0.1, 0.15) is 24.0 Å². The summed E-state index contributed by atoms with van der Waals surface area (Å²) in [5.74, 6) is -0.464. The number of carbonyl (C=O) groups is 3. The third kappa shape index (κ3) is 3.72. The largest absolute Gasteiger partial charge is 0.368 e. The Labute approximate surface area is 175 Å². The fourth-order valence-electron chi connectivity index (χ4n) is 4.20. The molecule has 156 valence electrons. The molecule has 0 radical (unpaired) electrons. The molecule has 1 atom stereocenters. The van der Waals surface area contributed by atoms with Gasteiger partial charge in [0.25, 0.3) is 5.91 Å². The van der Waals surface area contributed by atoms with Crippen molar-refractivity contribution in [1.29, 1.82) is 0 Å². The number of pyridine rings is 1. The summed E-state index contributed by atoms with van der Waals surface area (Å²) in [7, 11) is 0. The van der Waals surface area contributed by atoms with Crippen molar-refractivity contribution < 1.29 is 14.4 Å². The minimum atomic E-state index is -1.26. The minimum Gasteiger partial charge on any atom is -0.368 e. The Morgan fingerprint density at radius 2 is 1.87 bits per heavy atom. The third-order valence-corrected chi connectivity index (χ3v) is 5.90. The zero-order chi connectivity index (χ0) is 21.1. The molecular formula is C22H25N5O3. The van der Waals surface area contributed by atoms with Crippen LogP contribution in [0.15, 0.2) is 48.8 Å². The molecule has 1 unspecified atom stereocenters. The highest BCUT2D eigenvalue weighted by molar-refractivity contribution is 6.07. The standard InChI is InChI=1S/C22H25N5O3/c1-16-5-2-3-7-18(16)26-11-13-27(14-12-26)19(28)8-9-22(17-6-4-10-23-15-17)20(29)24-21(30)25-22/h2-7,10,15H,8-9,11-14H2,1H3,(H2,24,25,29,30). The number of anilines is 1. The van der Waals surface area contributed by atoms with E-state index in [2.05, 4.69) is 39.6 Å². The van der Waals surface area contributed by atoms with Crippen LogP contribution in [-0.2, 0) is 15.1 Å². The van der Waals surface area contributed by atoms with Crippen LogP contribution in [0.2, 0.25) is 0 Å². The predicted octanol–water partition coefficient (Wildman–Crippen LogP) is 1.55. The Morgan fingerprint density at radius 1 is 1.10 bits per heavy atom. The van der Waals surface area contributed by atoms with E-state index in [0.29, 0.717) is 18.7 Å². The molecule has 0 aliphatic carbocycles. The second kappa shape index (κ2) is 8.14. The molecule has 2 aliphatic rings.